The number of carbonyl (C=O) groups excluding carboxylic acids is 1. The highest BCUT2D eigenvalue weighted by molar-refractivity contribution is 7.82. The normalized spacial score (nSPS) is 47.4. The molecule has 0 radical (unpaired) electrons. The van der Waals surface area contributed by atoms with Crippen LogP contribution in [0.2, 0.25) is 0 Å². The molecule has 0 amide bonds. The zero-order valence-corrected chi connectivity index (χ0v) is 8.67. The van der Waals surface area contributed by atoms with Gasteiger partial charge in [-0.05, 0) is 6.90 Å². The number of hydrogen-bond acceptors (Lipinski definition) is 7. The summed E-state index contributed by atoms with van der Waals surface area (Å²) in [6, 6.07) is 0. The fourth-order valence-electron chi connectivity index (χ4n) is 1.38. The van der Waals surface area contributed by atoms with Crippen molar-refractivity contribution in [2.24, 2.45) is 0 Å². The molecule has 0 aliphatic carbocycles. The molecule has 5 atom stereocenters. The van der Waals surface area contributed by atoms with Gasteiger partial charge >= 0.3 is 0 Å². The van der Waals surface area contributed by atoms with Gasteiger partial charge in [-0.15, -0.1) is 12.6 Å². The van der Waals surface area contributed by atoms with Crippen LogP contribution in [0.3, 0.4) is 0 Å². The molecule has 1 unspecified atom stereocenters. The van der Waals surface area contributed by atoms with E-state index in [1.165, 1.54) is 0 Å². The van der Waals surface area contributed by atoms with Gasteiger partial charge in [0.15, 0.2) is 10.7 Å². The molecule has 1 rings (SSSR count). The first-order chi connectivity index (χ1) is 7.38. The molecule has 1 heterocycles. The molecular formula is C8H14O6S. The third-order valence-electron chi connectivity index (χ3n) is 2.37. The third-order valence-corrected chi connectivity index (χ3v) is 2.99. The fourth-order valence-corrected chi connectivity index (χ4v) is 1.67. The van der Waals surface area contributed by atoms with Crippen LogP contribution >= 0.6 is 12.6 Å². The van der Waals surface area contributed by atoms with Crippen molar-refractivity contribution in [3.05, 3.63) is 0 Å². The number of aliphatic hydroxyl groups excluding tert-OH is 4. The Morgan fingerprint density at radius 3 is 2.60 bits per heavy atom. The summed E-state index contributed by atoms with van der Waals surface area (Å²) in [7, 11) is 0. The Hall–Kier alpha value is -0.180. The molecule has 6 nitrogen and oxygen atoms in total. The maximum atomic E-state index is 11.4. The third kappa shape index (κ3) is 2.03. The molecule has 15 heavy (non-hydrogen) atoms. The number of hydrogen-bond donors (Lipinski definition) is 5. The van der Waals surface area contributed by atoms with Crippen LogP contribution in [0.25, 0.3) is 0 Å². The van der Waals surface area contributed by atoms with E-state index in [0.717, 1.165) is 0 Å². The molecular weight excluding hydrogens is 224 g/mol. The molecule has 0 saturated carbocycles. The highest BCUT2D eigenvalue weighted by Gasteiger charge is 2.54. The van der Waals surface area contributed by atoms with Gasteiger partial charge < -0.3 is 25.2 Å². The number of thiol groups is 1. The van der Waals surface area contributed by atoms with E-state index in [9.17, 15) is 20.1 Å². The summed E-state index contributed by atoms with van der Waals surface area (Å²) >= 11 is 3.81. The Morgan fingerprint density at radius 2 is 2.13 bits per heavy atom. The fraction of sp³-hybridized carbons (Fsp3) is 0.875. The lowest BCUT2D eigenvalue weighted by molar-refractivity contribution is -0.235. The van der Waals surface area contributed by atoms with Crippen molar-refractivity contribution in [3.8, 4) is 0 Å². The molecule has 4 N–H and O–H groups in total. The minimum absolute atomic E-state index is 0.640. The summed E-state index contributed by atoms with van der Waals surface area (Å²) in [6.45, 7) is -1.33. The molecule has 0 spiro atoms. The van der Waals surface area contributed by atoms with Gasteiger partial charge in [0, 0.05) is 1.37 Å². The van der Waals surface area contributed by atoms with Crippen LogP contribution in [0.5, 0.6) is 0 Å². The van der Waals surface area contributed by atoms with Crippen LogP contribution in [0, 0.1) is 0 Å². The van der Waals surface area contributed by atoms with Crippen LogP contribution in [0.15, 0.2) is 0 Å². The van der Waals surface area contributed by atoms with Crippen molar-refractivity contribution >= 4 is 18.4 Å². The number of carbonyl (C=O) groups is 1. The van der Waals surface area contributed by atoms with Crippen molar-refractivity contribution in [3.63, 3.8) is 0 Å². The Morgan fingerprint density at radius 1 is 1.53 bits per heavy atom. The number of rotatable bonds is 2. The second-order valence-corrected chi connectivity index (χ2v) is 4.05. The Kier molecular flexibility index (Phi) is 3.29. The first-order valence-corrected chi connectivity index (χ1v) is 4.71. The quantitative estimate of drug-likeness (QED) is 0.346. The number of ether oxygens (including phenoxy) is 1. The average Bonchev–Trinajstić information content (AvgIpc) is 2.30. The van der Waals surface area contributed by atoms with Crippen molar-refractivity contribution in [2.75, 3.05) is 6.61 Å². The van der Waals surface area contributed by atoms with E-state index in [1.54, 1.807) is 0 Å². The van der Waals surface area contributed by atoms with Crippen molar-refractivity contribution in [1.82, 2.24) is 0 Å². The van der Waals surface area contributed by atoms with Crippen LogP contribution in [0.4, 0.5) is 0 Å². The van der Waals surface area contributed by atoms with Gasteiger partial charge in [-0.3, -0.25) is 4.79 Å². The molecule has 0 bridgehead atoms. The summed E-state index contributed by atoms with van der Waals surface area (Å²) in [5.74, 6) is -0.854. The van der Waals surface area contributed by atoms with E-state index in [-0.39, 0.29) is 0 Å². The predicted octanol–water partition coefficient (Wildman–Crippen LogP) is -2.32. The number of ketones is 1. The second kappa shape index (κ2) is 4.36. The second-order valence-electron chi connectivity index (χ2n) is 3.38. The molecule has 0 aromatic rings. The van der Waals surface area contributed by atoms with E-state index in [4.69, 9.17) is 11.2 Å². The van der Waals surface area contributed by atoms with Gasteiger partial charge in [-0.2, -0.15) is 0 Å². The van der Waals surface area contributed by atoms with E-state index in [1.807, 2.05) is 0 Å². The predicted molar refractivity (Wildman–Crippen MR) is 52.4 cm³/mol. The van der Waals surface area contributed by atoms with Gasteiger partial charge in [-0.1, -0.05) is 0 Å². The zero-order chi connectivity index (χ0) is 12.5. The summed E-state index contributed by atoms with van der Waals surface area (Å²) in [6.07, 6.45) is -6.17. The molecule has 0 aromatic heterocycles. The van der Waals surface area contributed by atoms with Crippen LogP contribution in [-0.4, -0.2) is 62.2 Å². The summed E-state index contributed by atoms with van der Waals surface area (Å²) in [4.78, 5) is 9.31. The van der Waals surface area contributed by atoms with Gasteiger partial charge in [0.2, 0.25) is 0 Å². The molecule has 0 aromatic carbocycles. The van der Waals surface area contributed by atoms with Crippen molar-refractivity contribution in [2.45, 2.75) is 36.2 Å². The molecule has 7 heteroatoms. The summed E-state index contributed by atoms with van der Waals surface area (Å²) in [5, 5.41) is 37.3. The highest BCUT2D eigenvalue weighted by atomic mass is 32.1. The minimum atomic E-state index is -2.08. The smallest absolute Gasteiger partial charge is 0.197 e. The molecule has 1 fully saturated rings. The lowest BCUT2D eigenvalue weighted by atomic mass is 9.93. The highest BCUT2D eigenvalue weighted by Crippen LogP contribution is 2.33. The van der Waals surface area contributed by atoms with E-state index in [0.29, 0.717) is 0 Å². The lowest BCUT2D eigenvalue weighted by Gasteiger charge is -2.44. The SMILES string of the molecule is [2H]CC(=O)C1(S)O[C@H](CO)[C@@H](O)[C@H](O)[C@H]1O. The Bertz CT molecular complexity index is 275. The molecule has 1 saturated heterocycles. The van der Waals surface area contributed by atoms with Crippen LogP contribution in [0.1, 0.15) is 8.27 Å². The standard InChI is InChI=1S/C8H14O6S/c1-3(10)8(15)7(13)6(12)5(11)4(2-9)14-8/h4-7,9,11-13,15H,2H2,1H3/t4-,5-,6+,7-,8?/m1/s1/i1D. The van der Waals surface area contributed by atoms with E-state index >= 15 is 0 Å². The van der Waals surface area contributed by atoms with E-state index < -0.39 is 48.6 Å². The minimum Gasteiger partial charge on any atom is -0.394 e. The van der Waals surface area contributed by atoms with E-state index in [2.05, 4.69) is 12.6 Å². The van der Waals surface area contributed by atoms with Gasteiger partial charge in [0.05, 0.1) is 6.61 Å². The monoisotopic (exact) mass is 239 g/mol. The van der Waals surface area contributed by atoms with Gasteiger partial charge in [0.1, 0.15) is 24.4 Å². The van der Waals surface area contributed by atoms with Gasteiger partial charge in [0.25, 0.3) is 0 Å². The van der Waals surface area contributed by atoms with Crippen LogP contribution < -0.4 is 0 Å². The van der Waals surface area contributed by atoms with Crippen LogP contribution in [-0.2, 0) is 9.53 Å². The molecule has 88 valence electrons. The lowest BCUT2D eigenvalue weighted by Crippen LogP contribution is -2.65. The zero-order valence-electron chi connectivity index (χ0n) is 8.78. The average molecular weight is 239 g/mol. The van der Waals surface area contributed by atoms with Crippen molar-refractivity contribution in [1.29, 1.82) is 0 Å². The van der Waals surface area contributed by atoms with Gasteiger partial charge in [-0.25, -0.2) is 0 Å². The summed E-state index contributed by atoms with van der Waals surface area (Å²) in [5.41, 5.74) is 0. The number of aliphatic hydroxyl groups is 4. The first-order valence-electron chi connectivity index (χ1n) is 4.97. The summed E-state index contributed by atoms with van der Waals surface area (Å²) < 4.78 is 11.9. The Labute approximate surface area is 93.3 Å². The number of Topliss-reactive ketones (excluding diaryl/α,β-unsaturated/α-hetero) is 1. The van der Waals surface area contributed by atoms with Crippen molar-refractivity contribution < 1.29 is 31.3 Å². The maximum absolute atomic E-state index is 11.4. The molecule has 1 aliphatic heterocycles. The maximum Gasteiger partial charge on any atom is 0.197 e. The topological polar surface area (TPSA) is 107 Å². The largest absolute Gasteiger partial charge is 0.394 e. The Balaban J connectivity index is 2.98. The first kappa shape index (κ1) is 11.3. The molecule has 1 aliphatic rings.